The Morgan fingerprint density at radius 2 is 1.61 bits per heavy atom. The van der Waals surface area contributed by atoms with Gasteiger partial charge in [-0.05, 0) is 55.9 Å². The monoisotopic (exact) mass is 593 g/mol. The van der Waals surface area contributed by atoms with Gasteiger partial charge in [0, 0.05) is 76.0 Å². The number of aromatic nitrogens is 11. The quantitative estimate of drug-likeness (QED) is 0.279. The van der Waals surface area contributed by atoms with Gasteiger partial charge in [0.25, 0.3) is 0 Å². The van der Waals surface area contributed by atoms with E-state index in [1.165, 1.54) is 11.1 Å². The molecule has 1 fully saturated rings. The van der Waals surface area contributed by atoms with Gasteiger partial charge in [0.2, 0.25) is 0 Å². The lowest BCUT2D eigenvalue weighted by Gasteiger charge is -2.38. The summed E-state index contributed by atoms with van der Waals surface area (Å²) in [6.07, 6.45) is 9.71. The third kappa shape index (κ3) is 5.10. The molecule has 6 aromatic rings. The molecule has 0 radical (unpaired) electrons. The highest BCUT2D eigenvalue weighted by Crippen LogP contribution is 2.38. The molecule has 0 spiro atoms. The summed E-state index contributed by atoms with van der Waals surface area (Å²) >= 11 is 0. The zero-order valence-corrected chi connectivity index (χ0v) is 26.2. The lowest BCUT2D eigenvalue weighted by Crippen LogP contribution is -2.44. The van der Waals surface area contributed by atoms with Crippen LogP contribution in [0.4, 0.5) is 5.82 Å². The smallest absolute Gasteiger partial charge is 0.158 e. The summed E-state index contributed by atoms with van der Waals surface area (Å²) in [6.45, 7) is 12.1. The molecule has 7 heterocycles. The highest BCUT2D eigenvalue weighted by atomic mass is 15.4. The first-order valence-electron chi connectivity index (χ1n) is 15.3. The minimum atomic E-state index is 0.286. The Labute approximate surface area is 255 Å². The maximum absolute atomic E-state index is 5.29. The minimum Gasteiger partial charge on any atom is -0.356 e. The van der Waals surface area contributed by atoms with E-state index in [1.807, 2.05) is 31.0 Å². The van der Waals surface area contributed by atoms with E-state index in [1.54, 1.807) is 15.7 Å². The van der Waals surface area contributed by atoms with E-state index >= 15 is 0 Å². The van der Waals surface area contributed by atoms with E-state index in [0.717, 1.165) is 89.7 Å². The SMILES string of the molecule is Cc1c(-c2[nH]c3ccc(N4CCC(N(Cc5cn(C)nn5)Cc5cn(C)nn5)CC4)nc3c2C(C)C)cn2ncnc2c1C. The number of hydrogen-bond acceptors (Lipinski definition) is 9. The molecule has 0 aromatic carbocycles. The van der Waals surface area contributed by atoms with Crippen molar-refractivity contribution in [2.75, 3.05) is 18.0 Å². The van der Waals surface area contributed by atoms with Gasteiger partial charge in [0.1, 0.15) is 12.1 Å². The molecule has 0 bridgehead atoms. The Kier molecular flexibility index (Phi) is 7.11. The molecular weight excluding hydrogens is 554 g/mol. The average Bonchev–Trinajstić information content (AvgIpc) is 3.81. The Morgan fingerprint density at radius 3 is 2.23 bits per heavy atom. The van der Waals surface area contributed by atoms with Gasteiger partial charge in [0.15, 0.2) is 5.65 Å². The summed E-state index contributed by atoms with van der Waals surface area (Å²) in [5.41, 5.74) is 10.7. The normalized spacial score (nSPS) is 14.7. The van der Waals surface area contributed by atoms with Crippen molar-refractivity contribution in [2.45, 2.75) is 65.6 Å². The number of H-pyrrole nitrogens is 1. The number of rotatable bonds is 8. The Balaban J connectivity index is 1.15. The van der Waals surface area contributed by atoms with Crippen molar-refractivity contribution < 1.29 is 0 Å². The first kappa shape index (κ1) is 28.1. The average molecular weight is 594 g/mol. The second-order valence-corrected chi connectivity index (χ2v) is 12.3. The highest BCUT2D eigenvalue weighted by molar-refractivity contribution is 5.90. The van der Waals surface area contributed by atoms with Crippen molar-refractivity contribution in [1.82, 2.24) is 59.5 Å². The van der Waals surface area contributed by atoms with Crippen LogP contribution < -0.4 is 4.90 Å². The summed E-state index contributed by atoms with van der Waals surface area (Å²) in [5, 5.41) is 21.4. The van der Waals surface area contributed by atoms with Crippen molar-refractivity contribution in [3.8, 4) is 11.3 Å². The second kappa shape index (κ2) is 11.1. The molecule has 13 nitrogen and oxygen atoms in total. The molecule has 0 aliphatic carbocycles. The fourth-order valence-corrected chi connectivity index (χ4v) is 6.61. The van der Waals surface area contributed by atoms with Crippen LogP contribution in [0.3, 0.4) is 0 Å². The van der Waals surface area contributed by atoms with Crippen molar-refractivity contribution in [1.29, 1.82) is 0 Å². The standard InChI is InChI=1S/C31H39N13/c1-19(2)28-29(25-17-44-31(32-18-33-44)21(4)20(25)3)34-26-7-8-27(35-30(26)28)42-11-9-24(10-12-42)43(15-22-13-40(5)38-36-22)16-23-14-41(6)39-37-23/h7-8,13-14,17-19,24,34H,9-12,15-16H2,1-6H3. The van der Waals surface area contributed by atoms with E-state index < -0.39 is 0 Å². The van der Waals surface area contributed by atoms with Crippen LogP contribution in [-0.4, -0.2) is 78.6 Å². The number of nitrogens with zero attached hydrogens (tertiary/aromatic N) is 12. The Morgan fingerprint density at radius 1 is 0.932 bits per heavy atom. The van der Waals surface area contributed by atoms with Gasteiger partial charge in [-0.25, -0.2) is 14.5 Å². The predicted molar refractivity (Wildman–Crippen MR) is 168 cm³/mol. The molecule has 0 atom stereocenters. The molecule has 7 rings (SSSR count). The molecule has 1 N–H and O–H groups in total. The van der Waals surface area contributed by atoms with Crippen LogP contribution >= 0.6 is 0 Å². The van der Waals surface area contributed by atoms with Gasteiger partial charge in [-0.15, -0.1) is 10.2 Å². The predicted octanol–water partition coefficient (Wildman–Crippen LogP) is 3.94. The van der Waals surface area contributed by atoms with E-state index in [9.17, 15) is 0 Å². The fourth-order valence-electron chi connectivity index (χ4n) is 6.61. The first-order valence-corrected chi connectivity index (χ1v) is 15.3. The zero-order valence-electron chi connectivity index (χ0n) is 26.2. The number of pyridine rings is 2. The van der Waals surface area contributed by atoms with Crippen LogP contribution in [0.25, 0.3) is 27.9 Å². The van der Waals surface area contributed by atoms with Crippen molar-refractivity contribution in [3.05, 3.63) is 65.1 Å². The first-order chi connectivity index (χ1) is 21.2. The van der Waals surface area contributed by atoms with Crippen LogP contribution in [0.2, 0.25) is 0 Å². The molecule has 0 unspecified atom stereocenters. The van der Waals surface area contributed by atoms with Crippen LogP contribution in [0.5, 0.6) is 0 Å². The van der Waals surface area contributed by atoms with Gasteiger partial charge >= 0.3 is 0 Å². The Bertz CT molecular complexity index is 1890. The lowest BCUT2D eigenvalue weighted by atomic mass is 9.95. The summed E-state index contributed by atoms with van der Waals surface area (Å²) in [7, 11) is 3.81. The minimum absolute atomic E-state index is 0.286. The van der Waals surface area contributed by atoms with E-state index in [2.05, 4.69) is 91.5 Å². The van der Waals surface area contributed by atoms with Crippen LogP contribution in [0.1, 0.15) is 60.7 Å². The number of nitrogens with one attached hydrogen (secondary N) is 1. The molecule has 0 amide bonds. The van der Waals surface area contributed by atoms with Crippen LogP contribution in [0.15, 0.2) is 37.1 Å². The van der Waals surface area contributed by atoms with Crippen LogP contribution in [-0.2, 0) is 27.2 Å². The molecule has 1 aliphatic heterocycles. The topological polar surface area (TPSA) is 127 Å². The molecular formula is C31H39N13. The van der Waals surface area contributed by atoms with Gasteiger partial charge in [-0.2, -0.15) is 5.10 Å². The number of piperidine rings is 1. The van der Waals surface area contributed by atoms with Gasteiger partial charge < -0.3 is 9.88 Å². The molecule has 1 saturated heterocycles. The third-order valence-electron chi connectivity index (χ3n) is 8.97. The maximum Gasteiger partial charge on any atom is 0.158 e. The van der Waals surface area contributed by atoms with Crippen molar-refractivity contribution >= 4 is 22.5 Å². The van der Waals surface area contributed by atoms with E-state index in [4.69, 9.17) is 4.98 Å². The van der Waals surface area contributed by atoms with Crippen LogP contribution in [0, 0.1) is 13.8 Å². The zero-order chi connectivity index (χ0) is 30.5. The maximum atomic E-state index is 5.29. The largest absolute Gasteiger partial charge is 0.356 e. The number of aryl methyl sites for hydroxylation is 3. The molecule has 6 aromatic heterocycles. The molecule has 0 saturated carbocycles. The highest BCUT2D eigenvalue weighted by Gasteiger charge is 2.28. The van der Waals surface area contributed by atoms with Crippen molar-refractivity contribution in [2.24, 2.45) is 14.1 Å². The summed E-state index contributed by atoms with van der Waals surface area (Å²) in [6, 6.07) is 4.73. The molecule has 44 heavy (non-hydrogen) atoms. The third-order valence-corrected chi connectivity index (χ3v) is 8.97. The Hall–Kier alpha value is -4.65. The molecule has 1 aliphatic rings. The number of fused-ring (bicyclic) bond motifs is 2. The summed E-state index contributed by atoms with van der Waals surface area (Å²) in [5.74, 6) is 1.31. The number of anilines is 1. The lowest BCUT2D eigenvalue weighted by molar-refractivity contribution is 0.148. The van der Waals surface area contributed by atoms with Crippen molar-refractivity contribution in [3.63, 3.8) is 0 Å². The molecule has 13 heteroatoms. The van der Waals surface area contributed by atoms with Gasteiger partial charge in [-0.3, -0.25) is 14.3 Å². The van der Waals surface area contributed by atoms with Gasteiger partial charge in [-0.1, -0.05) is 24.3 Å². The number of hydrogen-bond donors (Lipinski definition) is 1. The summed E-state index contributed by atoms with van der Waals surface area (Å²) in [4.78, 5) is 18.3. The second-order valence-electron chi connectivity index (χ2n) is 12.3. The number of aromatic amines is 1. The molecule has 228 valence electrons. The summed E-state index contributed by atoms with van der Waals surface area (Å²) < 4.78 is 5.38. The van der Waals surface area contributed by atoms with Gasteiger partial charge in [0.05, 0.1) is 28.1 Å². The fraction of sp³-hybridized carbons (Fsp3) is 0.452. The van der Waals surface area contributed by atoms with E-state index in [0.29, 0.717) is 6.04 Å². The van der Waals surface area contributed by atoms with E-state index in [-0.39, 0.29) is 5.92 Å².